The summed E-state index contributed by atoms with van der Waals surface area (Å²) in [5.74, 6) is 0. The number of carbonyl (C=O) groups excluding carboxylic acids is 1. The Balaban J connectivity index is 1.93. The zero-order valence-corrected chi connectivity index (χ0v) is 14.2. The number of pyridine rings is 2. The van der Waals surface area contributed by atoms with Gasteiger partial charge in [0, 0.05) is 51.0 Å². The maximum Gasteiger partial charge on any atom is 0.317 e. The number of nitrogens with zero attached hydrogens (tertiary/aromatic N) is 3. The second kappa shape index (κ2) is 9.62. The minimum atomic E-state index is -0.104. The number of methoxy groups -OCH3 is 1. The molecule has 1 atom stereocenters. The van der Waals surface area contributed by atoms with Gasteiger partial charge in [0.2, 0.25) is 0 Å². The molecule has 0 aliphatic rings. The lowest BCUT2D eigenvalue weighted by Crippen LogP contribution is -2.45. The van der Waals surface area contributed by atoms with Gasteiger partial charge in [0.15, 0.2) is 0 Å². The Morgan fingerprint density at radius 3 is 2.46 bits per heavy atom. The zero-order chi connectivity index (χ0) is 17.2. The second-order valence-electron chi connectivity index (χ2n) is 5.69. The van der Waals surface area contributed by atoms with Gasteiger partial charge in [-0.2, -0.15) is 0 Å². The number of rotatable bonds is 8. The minimum absolute atomic E-state index is 0.0145. The molecule has 1 N–H and O–H groups in total. The smallest absolute Gasteiger partial charge is 0.317 e. The van der Waals surface area contributed by atoms with Gasteiger partial charge in [-0.15, -0.1) is 0 Å². The standard InChI is InChI=1S/C18H24N4O2/c1-15(11-16-5-3-7-19-12-16)21-18(23)22(9-10-24-2)14-17-6-4-8-20-13-17/h3-8,12-13,15H,9-11,14H2,1-2H3,(H,21,23). The summed E-state index contributed by atoms with van der Waals surface area (Å²) in [5, 5.41) is 3.04. The minimum Gasteiger partial charge on any atom is -0.383 e. The van der Waals surface area contributed by atoms with Crippen LogP contribution in [0.5, 0.6) is 0 Å². The van der Waals surface area contributed by atoms with Crippen molar-refractivity contribution < 1.29 is 9.53 Å². The number of aromatic nitrogens is 2. The van der Waals surface area contributed by atoms with Crippen LogP contribution in [0.15, 0.2) is 49.1 Å². The number of hydrogen-bond donors (Lipinski definition) is 1. The zero-order valence-electron chi connectivity index (χ0n) is 14.2. The molecule has 1 unspecified atom stereocenters. The van der Waals surface area contributed by atoms with E-state index in [4.69, 9.17) is 4.74 Å². The predicted octanol–water partition coefficient (Wildman–Crippen LogP) is 2.27. The molecule has 0 bridgehead atoms. The molecule has 0 saturated carbocycles. The lowest BCUT2D eigenvalue weighted by Gasteiger charge is -2.25. The van der Waals surface area contributed by atoms with Gasteiger partial charge in [-0.05, 0) is 36.6 Å². The Bertz CT molecular complexity index is 607. The summed E-state index contributed by atoms with van der Waals surface area (Å²) in [6.45, 7) is 3.51. The van der Waals surface area contributed by atoms with Crippen molar-refractivity contribution in [1.82, 2.24) is 20.2 Å². The number of hydrogen-bond acceptors (Lipinski definition) is 4. The quantitative estimate of drug-likeness (QED) is 0.807. The van der Waals surface area contributed by atoms with Crippen molar-refractivity contribution in [3.63, 3.8) is 0 Å². The van der Waals surface area contributed by atoms with Crippen LogP contribution < -0.4 is 5.32 Å². The van der Waals surface area contributed by atoms with Gasteiger partial charge in [0.1, 0.15) is 0 Å². The number of urea groups is 1. The summed E-state index contributed by atoms with van der Waals surface area (Å²) in [4.78, 5) is 22.5. The highest BCUT2D eigenvalue weighted by atomic mass is 16.5. The van der Waals surface area contributed by atoms with E-state index < -0.39 is 0 Å². The van der Waals surface area contributed by atoms with Crippen molar-refractivity contribution in [3.8, 4) is 0 Å². The molecule has 2 heterocycles. The number of amides is 2. The summed E-state index contributed by atoms with van der Waals surface area (Å²) >= 11 is 0. The second-order valence-corrected chi connectivity index (χ2v) is 5.69. The fourth-order valence-corrected chi connectivity index (χ4v) is 2.39. The molecule has 24 heavy (non-hydrogen) atoms. The van der Waals surface area contributed by atoms with Crippen LogP contribution in [-0.4, -0.2) is 47.2 Å². The first-order valence-electron chi connectivity index (χ1n) is 8.01. The largest absolute Gasteiger partial charge is 0.383 e. The van der Waals surface area contributed by atoms with Crippen LogP contribution in [0.25, 0.3) is 0 Å². The van der Waals surface area contributed by atoms with E-state index in [1.165, 1.54) is 0 Å². The van der Waals surface area contributed by atoms with Gasteiger partial charge in [0.05, 0.1) is 6.61 Å². The molecular weight excluding hydrogens is 304 g/mol. The van der Waals surface area contributed by atoms with Crippen molar-refractivity contribution in [3.05, 3.63) is 60.2 Å². The van der Waals surface area contributed by atoms with Crippen LogP contribution in [-0.2, 0) is 17.7 Å². The molecule has 0 saturated heterocycles. The van der Waals surface area contributed by atoms with Crippen molar-refractivity contribution in [2.45, 2.75) is 25.9 Å². The lowest BCUT2D eigenvalue weighted by atomic mass is 10.1. The van der Waals surface area contributed by atoms with E-state index in [9.17, 15) is 4.79 Å². The molecule has 6 nitrogen and oxygen atoms in total. The third-order valence-electron chi connectivity index (χ3n) is 3.58. The first-order valence-corrected chi connectivity index (χ1v) is 8.01. The molecule has 0 aliphatic carbocycles. The number of ether oxygens (including phenoxy) is 1. The molecule has 6 heteroatoms. The van der Waals surface area contributed by atoms with Gasteiger partial charge >= 0.3 is 6.03 Å². The first kappa shape index (κ1) is 17.9. The predicted molar refractivity (Wildman–Crippen MR) is 92.5 cm³/mol. The maximum atomic E-state index is 12.6. The summed E-state index contributed by atoms with van der Waals surface area (Å²) < 4.78 is 5.12. The van der Waals surface area contributed by atoms with Crippen LogP contribution in [0.3, 0.4) is 0 Å². The van der Waals surface area contributed by atoms with Crippen molar-refractivity contribution in [2.75, 3.05) is 20.3 Å². The van der Waals surface area contributed by atoms with Crippen molar-refractivity contribution in [2.24, 2.45) is 0 Å². The number of carbonyl (C=O) groups is 1. The van der Waals surface area contributed by atoms with Gasteiger partial charge in [0.25, 0.3) is 0 Å². The molecule has 0 aliphatic heterocycles. The first-order chi connectivity index (χ1) is 11.7. The van der Waals surface area contributed by atoms with Crippen molar-refractivity contribution in [1.29, 1.82) is 0 Å². The molecule has 0 aromatic carbocycles. The summed E-state index contributed by atoms with van der Waals surface area (Å²) in [6, 6.07) is 7.64. The van der Waals surface area contributed by atoms with E-state index in [0.29, 0.717) is 19.7 Å². The maximum absolute atomic E-state index is 12.6. The molecule has 2 aromatic rings. The average molecular weight is 328 g/mol. The van der Waals surface area contributed by atoms with E-state index >= 15 is 0 Å². The molecule has 2 aromatic heterocycles. The lowest BCUT2D eigenvalue weighted by molar-refractivity contribution is 0.145. The molecule has 0 radical (unpaired) electrons. The number of nitrogens with one attached hydrogen (secondary N) is 1. The molecule has 0 fully saturated rings. The van der Waals surface area contributed by atoms with Gasteiger partial charge in [-0.3, -0.25) is 9.97 Å². The van der Waals surface area contributed by atoms with E-state index in [1.54, 1.807) is 30.6 Å². The fraction of sp³-hybridized carbons (Fsp3) is 0.389. The van der Waals surface area contributed by atoms with Crippen molar-refractivity contribution >= 4 is 6.03 Å². The SMILES string of the molecule is COCCN(Cc1cccnc1)C(=O)NC(C)Cc1cccnc1. The van der Waals surface area contributed by atoms with Gasteiger partial charge in [-0.1, -0.05) is 12.1 Å². The summed E-state index contributed by atoms with van der Waals surface area (Å²) in [5.41, 5.74) is 2.09. The molecule has 0 spiro atoms. The Morgan fingerprint density at radius 2 is 1.88 bits per heavy atom. The molecular formula is C18H24N4O2. The Labute approximate surface area is 142 Å². The Morgan fingerprint density at radius 1 is 1.21 bits per heavy atom. The van der Waals surface area contributed by atoms with Crippen LogP contribution >= 0.6 is 0 Å². The van der Waals surface area contributed by atoms with Gasteiger partial charge < -0.3 is 15.0 Å². The topological polar surface area (TPSA) is 67.3 Å². The molecule has 128 valence electrons. The highest BCUT2D eigenvalue weighted by molar-refractivity contribution is 5.74. The fourth-order valence-electron chi connectivity index (χ4n) is 2.39. The van der Waals surface area contributed by atoms with Gasteiger partial charge in [-0.25, -0.2) is 4.79 Å². The highest BCUT2D eigenvalue weighted by Crippen LogP contribution is 2.05. The van der Waals surface area contributed by atoms with Crippen LogP contribution in [0.1, 0.15) is 18.1 Å². The Kier molecular flexibility index (Phi) is 7.17. The third kappa shape index (κ3) is 5.96. The average Bonchev–Trinajstić information content (AvgIpc) is 2.60. The Hall–Kier alpha value is -2.47. The normalized spacial score (nSPS) is 11.8. The third-order valence-corrected chi connectivity index (χ3v) is 3.58. The van der Waals surface area contributed by atoms with E-state index in [0.717, 1.165) is 17.5 Å². The van der Waals surface area contributed by atoms with Crippen LogP contribution in [0.4, 0.5) is 4.79 Å². The summed E-state index contributed by atoms with van der Waals surface area (Å²) in [6.07, 6.45) is 7.80. The molecule has 2 rings (SSSR count). The van der Waals surface area contributed by atoms with E-state index in [1.807, 2.05) is 37.4 Å². The van der Waals surface area contributed by atoms with E-state index in [-0.39, 0.29) is 12.1 Å². The van der Waals surface area contributed by atoms with Crippen LogP contribution in [0, 0.1) is 0 Å². The summed E-state index contributed by atoms with van der Waals surface area (Å²) in [7, 11) is 1.63. The molecule has 2 amide bonds. The highest BCUT2D eigenvalue weighted by Gasteiger charge is 2.16. The monoisotopic (exact) mass is 328 g/mol. The van der Waals surface area contributed by atoms with Crippen LogP contribution in [0.2, 0.25) is 0 Å². The van der Waals surface area contributed by atoms with E-state index in [2.05, 4.69) is 15.3 Å².